The average molecular weight is 256 g/mol. The maximum Gasteiger partial charge on any atom is 0.257 e. The van der Waals surface area contributed by atoms with Crippen LogP contribution in [0.15, 0.2) is 23.1 Å². The summed E-state index contributed by atoms with van der Waals surface area (Å²) in [7, 11) is -2.61. The molecule has 0 aliphatic carbocycles. The molecule has 5 heteroatoms. The first-order valence-electron chi connectivity index (χ1n) is 5.40. The Bertz CT molecular complexity index is 506. The van der Waals surface area contributed by atoms with Crippen molar-refractivity contribution in [2.45, 2.75) is 37.5 Å². The molecule has 0 atom stereocenters. The predicted molar refractivity (Wildman–Crippen MR) is 66.6 cm³/mol. The van der Waals surface area contributed by atoms with Crippen LogP contribution in [0.3, 0.4) is 0 Å². The Kier molecular flexibility index (Phi) is 3.84. The van der Waals surface area contributed by atoms with Gasteiger partial charge in [-0.05, 0) is 29.5 Å². The molecular formula is C12H18NO3S. The van der Waals surface area contributed by atoms with E-state index in [4.69, 9.17) is 9.88 Å². The highest BCUT2D eigenvalue weighted by molar-refractivity contribution is 7.89. The van der Waals surface area contributed by atoms with Crippen LogP contribution >= 0.6 is 0 Å². The first kappa shape index (κ1) is 14.0. The Morgan fingerprint density at radius 1 is 1.35 bits per heavy atom. The van der Waals surface area contributed by atoms with Crippen molar-refractivity contribution in [3.05, 3.63) is 23.8 Å². The number of rotatable bonds is 4. The van der Waals surface area contributed by atoms with E-state index in [9.17, 15) is 8.42 Å². The van der Waals surface area contributed by atoms with Gasteiger partial charge in [0.05, 0.1) is 7.11 Å². The largest absolute Gasteiger partial charge is 0.495 e. The van der Waals surface area contributed by atoms with Crippen LogP contribution < -0.4 is 9.88 Å². The fourth-order valence-corrected chi connectivity index (χ4v) is 2.21. The monoisotopic (exact) mass is 256 g/mol. The molecule has 1 radical (unpaired) electrons. The van der Waals surface area contributed by atoms with Gasteiger partial charge in [0, 0.05) is 0 Å². The van der Waals surface area contributed by atoms with Gasteiger partial charge in [0.2, 0.25) is 0 Å². The molecule has 0 aliphatic rings. The normalized spacial score (nSPS) is 12.5. The molecule has 0 saturated carbocycles. The van der Waals surface area contributed by atoms with Crippen LogP contribution in [0, 0.1) is 0 Å². The number of ether oxygens (including phenoxy) is 1. The highest BCUT2D eigenvalue weighted by atomic mass is 32.2. The molecule has 1 N–H and O–H groups in total. The summed E-state index contributed by atoms with van der Waals surface area (Å²) >= 11 is 0. The van der Waals surface area contributed by atoms with Crippen molar-refractivity contribution in [2.75, 3.05) is 7.11 Å². The Balaban J connectivity index is 3.43. The Labute approximate surface area is 103 Å². The quantitative estimate of drug-likeness (QED) is 0.830. The van der Waals surface area contributed by atoms with Crippen molar-refractivity contribution in [1.29, 1.82) is 0 Å². The molecule has 1 aromatic rings. The topological polar surface area (TPSA) is 67.2 Å². The third kappa shape index (κ3) is 2.98. The van der Waals surface area contributed by atoms with Gasteiger partial charge in [-0.2, -0.15) is 0 Å². The molecule has 1 aromatic carbocycles. The van der Waals surface area contributed by atoms with Crippen LogP contribution in [0.4, 0.5) is 0 Å². The summed E-state index contributed by atoms with van der Waals surface area (Å²) in [5, 5.41) is 7.17. The molecule has 0 aliphatic heterocycles. The van der Waals surface area contributed by atoms with Crippen LogP contribution in [0.1, 0.15) is 32.8 Å². The van der Waals surface area contributed by atoms with E-state index < -0.39 is 10.0 Å². The summed E-state index contributed by atoms with van der Waals surface area (Å²) < 4.78 is 27.7. The van der Waals surface area contributed by atoms with E-state index in [0.29, 0.717) is 0 Å². The van der Waals surface area contributed by atoms with E-state index >= 15 is 0 Å². The van der Waals surface area contributed by atoms with Crippen molar-refractivity contribution in [2.24, 2.45) is 0 Å². The Hall–Kier alpha value is -1.07. The van der Waals surface area contributed by atoms with Crippen molar-refractivity contribution in [3.63, 3.8) is 0 Å². The number of hydrogen-bond donors (Lipinski definition) is 0. The van der Waals surface area contributed by atoms with E-state index in [1.165, 1.54) is 13.2 Å². The van der Waals surface area contributed by atoms with Crippen LogP contribution in [0.5, 0.6) is 5.75 Å². The smallest absolute Gasteiger partial charge is 0.257 e. The minimum absolute atomic E-state index is 0.0703. The molecule has 4 nitrogen and oxygen atoms in total. The molecule has 95 valence electrons. The molecule has 0 saturated heterocycles. The lowest BCUT2D eigenvalue weighted by Gasteiger charge is -2.24. The van der Waals surface area contributed by atoms with Gasteiger partial charge in [0.25, 0.3) is 10.0 Å². The molecule has 1 rings (SSSR count). The number of hydrogen-bond acceptors (Lipinski definition) is 3. The van der Waals surface area contributed by atoms with Crippen LogP contribution in [0.2, 0.25) is 0 Å². The van der Waals surface area contributed by atoms with Gasteiger partial charge in [0.1, 0.15) is 10.6 Å². The van der Waals surface area contributed by atoms with E-state index in [-0.39, 0.29) is 16.1 Å². The lowest BCUT2D eigenvalue weighted by atomic mass is 9.82. The van der Waals surface area contributed by atoms with E-state index in [2.05, 4.69) is 0 Å². The highest BCUT2D eigenvalue weighted by Crippen LogP contribution is 2.32. The lowest BCUT2D eigenvalue weighted by molar-refractivity contribution is 0.401. The van der Waals surface area contributed by atoms with Gasteiger partial charge in [-0.3, -0.25) is 0 Å². The third-order valence-corrected chi connectivity index (χ3v) is 4.02. The minimum Gasteiger partial charge on any atom is -0.495 e. The second kappa shape index (κ2) is 4.66. The Morgan fingerprint density at radius 2 is 1.94 bits per heavy atom. The Morgan fingerprint density at radius 3 is 2.35 bits per heavy atom. The second-order valence-corrected chi connectivity index (χ2v) is 6.05. The van der Waals surface area contributed by atoms with Crippen molar-refractivity contribution < 1.29 is 13.2 Å². The van der Waals surface area contributed by atoms with Gasteiger partial charge in [-0.25, -0.2) is 8.42 Å². The molecule has 0 bridgehead atoms. The molecule has 0 heterocycles. The predicted octanol–water partition coefficient (Wildman–Crippen LogP) is 2.35. The molecule has 0 fully saturated rings. The molecule has 0 spiro atoms. The summed E-state index contributed by atoms with van der Waals surface area (Å²) in [5.41, 5.74) is 0.776. The minimum atomic E-state index is -4.01. The third-order valence-electron chi connectivity index (χ3n) is 3.12. The molecule has 0 amide bonds. The summed E-state index contributed by atoms with van der Waals surface area (Å²) in [6.45, 7) is 6.11. The van der Waals surface area contributed by atoms with E-state index in [0.717, 1.165) is 12.0 Å². The maximum atomic E-state index is 11.4. The number of sulfonamides is 1. The fraction of sp³-hybridized carbons (Fsp3) is 0.500. The second-order valence-electron chi connectivity index (χ2n) is 4.61. The van der Waals surface area contributed by atoms with Crippen molar-refractivity contribution in [3.8, 4) is 5.75 Å². The van der Waals surface area contributed by atoms with Gasteiger partial charge < -0.3 is 4.74 Å². The van der Waals surface area contributed by atoms with Gasteiger partial charge in [-0.1, -0.05) is 26.8 Å². The van der Waals surface area contributed by atoms with Gasteiger partial charge in [-0.15, -0.1) is 5.14 Å². The average Bonchev–Trinajstić information content (AvgIpc) is 2.27. The summed E-state index contributed by atoms with van der Waals surface area (Å²) in [6, 6.07) is 4.98. The summed E-state index contributed by atoms with van der Waals surface area (Å²) in [6.07, 6.45) is 0.886. The maximum absolute atomic E-state index is 11.4. The molecule has 0 unspecified atom stereocenters. The molecular weight excluding hydrogens is 238 g/mol. The zero-order valence-corrected chi connectivity index (χ0v) is 11.4. The number of benzene rings is 1. The van der Waals surface area contributed by atoms with Crippen molar-refractivity contribution >= 4 is 10.0 Å². The number of methoxy groups -OCH3 is 1. The van der Waals surface area contributed by atoms with Crippen LogP contribution in [-0.4, -0.2) is 15.5 Å². The standard InChI is InChI=1S/C12H18NO3S/c1-5-12(2,3)9-6-7-10(16-4)11(8-9)17(13,14)15/h6-8,13H,5H2,1-4H3. The van der Waals surface area contributed by atoms with Crippen molar-refractivity contribution in [1.82, 2.24) is 5.14 Å². The summed E-state index contributed by atoms with van der Waals surface area (Å²) in [5.74, 6) is 0.218. The highest BCUT2D eigenvalue weighted by Gasteiger charge is 2.23. The zero-order chi connectivity index (χ0) is 13.3. The first-order valence-corrected chi connectivity index (χ1v) is 6.89. The summed E-state index contributed by atoms with van der Waals surface area (Å²) in [4.78, 5) is -0.0703. The van der Waals surface area contributed by atoms with E-state index in [1.807, 2.05) is 26.8 Å². The van der Waals surface area contributed by atoms with E-state index in [1.54, 1.807) is 6.07 Å². The zero-order valence-electron chi connectivity index (χ0n) is 10.6. The first-order chi connectivity index (χ1) is 7.72. The van der Waals surface area contributed by atoms with Gasteiger partial charge in [0.15, 0.2) is 0 Å². The molecule has 0 aromatic heterocycles. The lowest BCUT2D eigenvalue weighted by Crippen LogP contribution is -2.16. The van der Waals surface area contributed by atoms with Crippen LogP contribution in [-0.2, 0) is 15.4 Å². The van der Waals surface area contributed by atoms with Gasteiger partial charge >= 0.3 is 0 Å². The fourth-order valence-electron chi connectivity index (χ4n) is 1.51. The van der Waals surface area contributed by atoms with Crippen LogP contribution in [0.25, 0.3) is 0 Å². The number of nitrogens with one attached hydrogen (secondary N) is 1. The molecule has 17 heavy (non-hydrogen) atoms. The SMILES string of the molecule is CCC(C)(C)c1ccc(OC)c(S([NH])(=O)=O)c1.